The zero-order valence-corrected chi connectivity index (χ0v) is 10.9. The fourth-order valence-electron chi connectivity index (χ4n) is 2.20. The summed E-state index contributed by atoms with van der Waals surface area (Å²) >= 11 is 0. The highest BCUT2D eigenvalue weighted by Crippen LogP contribution is 2.31. The molecule has 2 atom stereocenters. The van der Waals surface area contributed by atoms with Crippen molar-refractivity contribution in [3.8, 4) is 0 Å². The van der Waals surface area contributed by atoms with E-state index in [2.05, 4.69) is 0 Å². The predicted octanol–water partition coefficient (Wildman–Crippen LogP) is 2.91. The van der Waals surface area contributed by atoms with Gasteiger partial charge in [0.15, 0.2) is 0 Å². The van der Waals surface area contributed by atoms with E-state index < -0.39 is 12.0 Å². The maximum Gasteiger partial charge on any atom is 0.126 e. The molecule has 0 aliphatic rings. The summed E-state index contributed by atoms with van der Waals surface area (Å²) in [5, 5.41) is 10.4. The molecular weight excluding hydrogens is 241 g/mol. The van der Waals surface area contributed by atoms with Gasteiger partial charge in [0.05, 0.1) is 6.10 Å². The van der Waals surface area contributed by atoms with Crippen molar-refractivity contribution in [2.75, 3.05) is 6.54 Å². The Balaban J connectivity index is 2.32. The molecule has 0 saturated carbocycles. The van der Waals surface area contributed by atoms with Gasteiger partial charge in [0, 0.05) is 12.5 Å². The lowest BCUT2D eigenvalue weighted by molar-refractivity contribution is 0.145. The molecule has 0 radical (unpaired) electrons. The Morgan fingerprint density at radius 3 is 2.32 bits per heavy atom. The molecule has 0 amide bonds. The van der Waals surface area contributed by atoms with Crippen LogP contribution in [0.2, 0.25) is 0 Å². The number of rotatable bonds is 4. The van der Waals surface area contributed by atoms with Crippen molar-refractivity contribution in [1.82, 2.24) is 0 Å². The second kappa shape index (κ2) is 5.95. The van der Waals surface area contributed by atoms with Gasteiger partial charge in [-0.3, -0.25) is 0 Å². The average Bonchev–Trinajstić information content (AvgIpc) is 2.42. The normalized spacial score (nSPS) is 14.1. The molecule has 0 aliphatic heterocycles. The molecule has 2 unspecified atom stereocenters. The predicted molar refractivity (Wildman–Crippen MR) is 74.3 cm³/mol. The van der Waals surface area contributed by atoms with Crippen LogP contribution in [0.15, 0.2) is 48.5 Å². The van der Waals surface area contributed by atoms with Crippen molar-refractivity contribution in [1.29, 1.82) is 0 Å². The Labute approximate surface area is 112 Å². The number of nitrogens with two attached hydrogens (primary N) is 1. The van der Waals surface area contributed by atoms with Crippen LogP contribution in [-0.2, 0) is 0 Å². The Morgan fingerprint density at radius 1 is 1.11 bits per heavy atom. The van der Waals surface area contributed by atoms with Crippen LogP contribution in [0.3, 0.4) is 0 Å². The van der Waals surface area contributed by atoms with Crippen LogP contribution >= 0.6 is 0 Å². The topological polar surface area (TPSA) is 46.2 Å². The van der Waals surface area contributed by atoms with Gasteiger partial charge < -0.3 is 10.8 Å². The summed E-state index contributed by atoms with van der Waals surface area (Å²) in [6.07, 6.45) is -0.803. The van der Waals surface area contributed by atoms with Crippen molar-refractivity contribution < 1.29 is 9.50 Å². The Kier molecular flexibility index (Phi) is 4.30. The molecule has 3 N–H and O–H groups in total. The van der Waals surface area contributed by atoms with Crippen molar-refractivity contribution >= 4 is 0 Å². The first-order valence-electron chi connectivity index (χ1n) is 6.32. The second-order valence-electron chi connectivity index (χ2n) is 4.72. The minimum Gasteiger partial charge on any atom is -0.388 e. The first-order chi connectivity index (χ1) is 9.13. The van der Waals surface area contributed by atoms with Crippen molar-refractivity contribution in [2.45, 2.75) is 18.9 Å². The molecule has 0 fully saturated rings. The lowest BCUT2D eigenvalue weighted by Crippen LogP contribution is -2.21. The molecule has 2 rings (SSSR count). The van der Waals surface area contributed by atoms with Gasteiger partial charge in [-0.25, -0.2) is 4.39 Å². The van der Waals surface area contributed by atoms with Gasteiger partial charge in [0.1, 0.15) is 5.82 Å². The fourth-order valence-corrected chi connectivity index (χ4v) is 2.20. The summed E-state index contributed by atoms with van der Waals surface area (Å²) < 4.78 is 13.8. The molecule has 0 spiro atoms. The van der Waals surface area contributed by atoms with Crippen LogP contribution in [0.5, 0.6) is 0 Å². The third-order valence-corrected chi connectivity index (χ3v) is 3.36. The van der Waals surface area contributed by atoms with E-state index in [4.69, 9.17) is 5.73 Å². The van der Waals surface area contributed by atoms with Crippen LogP contribution in [0.4, 0.5) is 4.39 Å². The van der Waals surface area contributed by atoms with Crippen LogP contribution in [0.1, 0.15) is 28.7 Å². The van der Waals surface area contributed by atoms with Gasteiger partial charge in [-0.2, -0.15) is 0 Å². The second-order valence-corrected chi connectivity index (χ2v) is 4.72. The standard InChI is InChI=1S/C16H18FNO/c1-11-6-8-12(9-7-11)16(19)14(10-18)13-4-2-3-5-15(13)17/h2-9,14,16,19H,10,18H2,1H3. The highest BCUT2D eigenvalue weighted by Gasteiger charge is 2.23. The van der Waals surface area contributed by atoms with E-state index >= 15 is 0 Å². The Hall–Kier alpha value is -1.71. The van der Waals surface area contributed by atoms with E-state index in [-0.39, 0.29) is 12.4 Å². The molecule has 0 heterocycles. The summed E-state index contributed by atoms with van der Waals surface area (Å²) in [5.74, 6) is -0.770. The van der Waals surface area contributed by atoms with E-state index in [1.165, 1.54) is 6.07 Å². The van der Waals surface area contributed by atoms with Crippen molar-refractivity contribution in [3.63, 3.8) is 0 Å². The van der Waals surface area contributed by atoms with Crippen LogP contribution in [0.25, 0.3) is 0 Å². The minimum atomic E-state index is -0.803. The molecule has 2 nitrogen and oxygen atoms in total. The number of halogens is 1. The summed E-state index contributed by atoms with van der Waals surface area (Å²) in [7, 11) is 0. The minimum absolute atomic E-state index is 0.190. The molecular formula is C16H18FNO. The van der Waals surface area contributed by atoms with E-state index in [1.54, 1.807) is 18.2 Å². The monoisotopic (exact) mass is 259 g/mol. The Bertz CT molecular complexity index is 539. The van der Waals surface area contributed by atoms with Crippen LogP contribution in [-0.4, -0.2) is 11.7 Å². The molecule has 2 aromatic carbocycles. The maximum absolute atomic E-state index is 13.8. The number of aliphatic hydroxyl groups is 1. The molecule has 100 valence electrons. The first kappa shape index (κ1) is 13.7. The van der Waals surface area contributed by atoms with Gasteiger partial charge >= 0.3 is 0 Å². The summed E-state index contributed by atoms with van der Waals surface area (Å²) in [5.41, 5.74) is 8.04. The highest BCUT2D eigenvalue weighted by atomic mass is 19.1. The molecule has 0 bridgehead atoms. The number of aryl methyl sites for hydroxylation is 1. The molecule has 3 heteroatoms. The van der Waals surface area contributed by atoms with E-state index in [0.29, 0.717) is 5.56 Å². The lowest BCUT2D eigenvalue weighted by Gasteiger charge is -2.22. The van der Waals surface area contributed by atoms with Gasteiger partial charge in [-0.1, -0.05) is 48.0 Å². The Morgan fingerprint density at radius 2 is 1.74 bits per heavy atom. The van der Waals surface area contributed by atoms with Crippen LogP contribution in [0, 0.1) is 12.7 Å². The average molecular weight is 259 g/mol. The van der Waals surface area contributed by atoms with E-state index in [1.807, 2.05) is 31.2 Å². The third-order valence-electron chi connectivity index (χ3n) is 3.36. The van der Waals surface area contributed by atoms with Gasteiger partial charge in [0.2, 0.25) is 0 Å². The number of hydrogen-bond donors (Lipinski definition) is 2. The summed E-state index contributed by atoms with van der Waals surface area (Å²) in [4.78, 5) is 0. The maximum atomic E-state index is 13.8. The van der Waals surface area contributed by atoms with E-state index in [9.17, 15) is 9.50 Å². The van der Waals surface area contributed by atoms with Gasteiger partial charge in [0.25, 0.3) is 0 Å². The summed E-state index contributed by atoms with van der Waals surface area (Å²) in [6.45, 7) is 2.17. The highest BCUT2D eigenvalue weighted by molar-refractivity contribution is 5.29. The molecule has 0 aromatic heterocycles. The first-order valence-corrected chi connectivity index (χ1v) is 6.32. The lowest BCUT2D eigenvalue weighted by atomic mass is 9.88. The molecule has 0 aliphatic carbocycles. The number of aliphatic hydroxyl groups excluding tert-OH is 1. The summed E-state index contributed by atoms with van der Waals surface area (Å²) in [6, 6.07) is 14.0. The third kappa shape index (κ3) is 3.00. The van der Waals surface area contributed by atoms with Gasteiger partial charge in [-0.05, 0) is 24.1 Å². The van der Waals surface area contributed by atoms with E-state index in [0.717, 1.165) is 11.1 Å². The fraction of sp³-hybridized carbons (Fsp3) is 0.250. The smallest absolute Gasteiger partial charge is 0.126 e. The quantitative estimate of drug-likeness (QED) is 0.886. The zero-order chi connectivity index (χ0) is 13.8. The van der Waals surface area contributed by atoms with Gasteiger partial charge in [-0.15, -0.1) is 0 Å². The largest absolute Gasteiger partial charge is 0.388 e. The van der Waals surface area contributed by atoms with Crippen molar-refractivity contribution in [3.05, 3.63) is 71.0 Å². The molecule has 0 saturated heterocycles. The SMILES string of the molecule is Cc1ccc(C(O)C(CN)c2ccccc2F)cc1. The van der Waals surface area contributed by atoms with Crippen LogP contribution < -0.4 is 5.73 Å². The zero-order valence-electron chi connectivity index (χ0n) is 10.9. The van der Waals surface area contributed by atoms with Crippen molar-refractivity contribution in [2.24, 2.45) is 5.73 Å². The number of hydrogen-bond acceptors (Lipinski definition) is 2. The molecule has 2 aromatic rings. The molecule has 19 heavy (non-hydrogen) atoms. The number of benzene rings is 2.